The summed E-state index contributed by atoms with van der Waals surface area (Å²) < 4.78 is 74.8. The van der Waals surface area contributed by atoms with Gasteiger partial charge in [-0.3, -0.25) is 0 Å². The Balaban J connectivity index is 1.89. The first-order valence-corrected chi connectivity index (χ1v) is 11.0. The van der Waals surface area contributed by atoms with Gasteiger partial charge in [-0.15, -0.1) is 0 Å². The number of pyridine rings is 1. The van der Waals surface area contributed by atoms with Gasteiger partial charge in [-0.25, -0.2) is 13.4 Å². The number of hydrogen-bond acceptors (Lipinski definition) is 8. The number of benzene rings is 1. The van der Waals surface area contributed by atoms with Crippen LogP contribution in [0.5, 0.6) is 11.5 Å². The standard InChI is InChI=1S/C19H17ClF3N3O6S/c20-13-2-4-17(25-7-13)33(29,30)26-8-16(18(28,9-26)10-27)32-14-3-1-12(6-24)5-15(14)31-11-19(21,22)23/h1-5,7,16,27-28H,8-11H2/t16?,18-/m1/s1. The van der Waals surface area contributed by atoms with Crippen molar-refractivity contribution in [1.29, 1.82) is 5.26 Å². The summed E-state index contributed by atoms with van der Waals surface area (Å²) in [6.45, 7) is -3.61. The Morgan fingerprint density at radius 3 is 2.61 bits per heavy atom. The van der Waals surface area contributed by atoms with Crippen LogP contribution in [-0.4, -0.2) is 72.1 Å². The Hall–Kier alpha value is -2.63. The van der Waals surface area contributed by atoms with Crippen LogP contribution >= 0.6 is 11.6 Å². The van der Waals surface area contributed by atoms with E-state index in [1.54, 1.807) is 6.07 Å². The van der Waals surface area contributed by atoms with Crippen molar-refractivity contribution in [1.82, 2.24) is 9.29 Å². The van der Waals surface area contributed by atoms with Crippen molar-refractivity contribution < 1.29 is 41.3 Å². The summed E-state index contributed by atoms with van der Waals surface area (Å²) in [6.07, 6.45) is -4.93. The van der Waals surface area contributed by atoms with Crippen LogP contribution in [0.25, 0.3) is 0 Å². The summed E-state index contributed by atoms with van der Waals surface area (Å²) in [5.74, 6) is -0.716. The monoisotopic (exact) mass is 507 g/mol. The normalized spacial score (nSPS) is 21.5. The van der Waals surface area contributed by atoms with E-state index in [1.807, 2.05) is 0 Å². The molecule has 0 radical (unpaired) electrons. The first-order valence-electron chi connectivity index (χ1n) is 9.23. The third kappa shape index (κ3) is 5.66. The molecule has 0 bridgehead atoms. The van der Waals surface area contributed by atoms with E-state index in [-0.39, 0.29) is 21.4 Å². The van der Waals surface area contributed by atoms with Crippen LogP contribution in [0.15, 0.2) is 41.6 Å². The molecular weight excluding hydrogens is 491 g/mol. The number of sulfonamides is 1. The largest absolute Gasteiger partial charge is 0.482 e. The number of alkyl halides is 3. The van der Waals surface area contributed by atoms with Gasteiger partial charge in [-0.2, -0.15) is 22.7 Å². The Labute approximate surface area is 191 Å². The summed E-state index contributed by atoms with van der Waals surface area (Å²) in [5, 5.41) is 29.4. The summed E-state index contributed by atoms with van der Waals surface area (Å²) in [4.78, 5) is 3.75. The van der Waals surface area contributed by atoms with Crippen molar-refractivity contribution in [3.8, 4) is 17.6 Å². The van der Waals surface area contributed by atoms with E-state index < -0.39 is 60.0 Å². The number of halogens is 4. The predicted molar refractivity (Wildman–Crippen MR) is 107 cm³/mol. The van der Waals surface area contributed by atoms with Gasteiger partial charge in [-0.05, 0) is 24.3 Å². The van der Waals surface area contributed by atoms with E-state index >= 15 is 0 Å². The topological polar surface area (TPSA) is 133 Å². The fraction of sp³-hybridized carbons (Fsp3) is 0.368. The first-order chi connectivity index (χ1) is 15.4. The zero-order valence-electron chi connectivity index (χ0n) is 16.7. The minimum atomic E-state index is -4.67. The molecule has 2 heterocycles. The lowest BCUT2D eigenvalue weighted by Crippen LogP contribution is -2.48. The average Bonchev–Trinajstić information content (AvgIpc) is 3.10. The van der Waals surface area contributed by atoms with Gasteiger partial charge in [0.15, 0.2) is 23.1 Å². The van der Waals surface area contributed by atoms with Gasteiger partial charge in [0, 0.05) is 18.8 Å². The maximum Gasteiger partial charge on any atom is 0.422 e. The molecule has 33 heavy (non-hydrogen) atoms. The number of ether oxygens (including phenoxy) is 2. The molecule has 2 aromatic rings. The molecule has 3 rings (SSSR count). The van der Waals surface area contributed by atoms with Crippen LogP contribution in [0.2, 0.25) is 5.02 Å². The van der Waals surface area contributed by atoms with E-state index in [0.717, 1.165) is 28.7 Å². The van der Waals surface area contributed by atoms with Crippen molar-refractivity contribution in [2.24, 2.45) is 0 Å². The Morgan fingerprint density at radius 1 is 1.30 bits per heavy atom. The van der Waals surface area contributed by atoms with Gasteiger partial charge >= 0.3 is 6.18 Å². The fourth-order valence-corrected chi connectivity index (χ4v) is 4.58. The number of rotatable bonds is 7. The fourth-order valence-electron chi connectivity index (χ4n) is 3.06. The van der Waals surface area contributed by atoms with Crippen LogP contribution in [-0.2, 0) is 10.0 Å². The van der Waals surface area contributed by atoms with Crippen LogP contribution in [0.4, 0.5) is 13.2 Å². The molecule has 1 fully saturated rings. The smallest absolute Gasteiger partial charge is 0.422 e. The lowest BCUT2D eigenvalue weighted by molar-refractivity contribution is -0.153. The Morgan fingerprint density at radius 2 is 2.03 bits per heavy atom. The van der Waals surface area contributed by atoms with Gasteiger partial charge < -0.3 is 19.7 Å². The molecule has 1 unspecified atom stereocenters. The summed E-state index contributed by atoms with van der Waals surface area (Å²) in [6, 6.07) is 7.63. The molecule has 0 spiro atoms. The number of aliphatic hydroxyl groups excluding tert-OH is 1. The van der Waals surface area contributed by atoms with Gasteiger partial charge in [0.2, 0.25) is 0 Å². The summed E-state index contributed by atoms with van der Waals surface area (Å²) in [7, 11) is -4.22. The lowest BCUT2D eigenvalue weighted by atomic mass is 10.0. The maximum atomic E-state index is 12.9. The highest BCUT2D eigenvalue weighted by Gasteiger charge is 2.51. The third-order valence-electron chi connectivity index (χ3n) is 4.73. The van der Waals surface area contributed by atoms with Gasteiger partial charge in [-0.1, -0.05) is 11.6 Å². The number of aromatic nitrogens is 1. The van der Waals surface area contributed by atoms with E-state index in [9.17, 15) is 31.8 Å². The quantitative estimate of drug-likeness (QED) is 0.579. The van der Waals surface area contributed by atoms with E-state index in [4.69, 9.17) is 26.3 Å². The molecule has 9 nitrogen and oxygen atoms in total. The SMILES string of the molecule is N#Cc1ccc(OC2CN(S(=O)(=O)c3ccc(Cl)cn3)C[C@@]2(O)CO)c(OCC(F)(F)F)c1. The van der Waals surface area contributed by atoms with Crippen LogP contribution in [0, 0.1) is 11.3 Å². The second-order valence-electron chi connectivity index (χ2n) is 7.16. The molecule has 0 amide bonds. The molecule has 1 aliphatic rings. The van der Waals surface area contributed by atoms with Crippen molar-refractivity contribution in [3.63, 3.8) is 0 Å². The second kappa shape index (κ2) is 9.32. The van der Waals surface area contributed by atoms with Crippen LogP contribution in [0.3, 0.4) is 0 Å². The van der Waals surface area contributed by atoms with Crippen LogP contribution < -0.4 is 9.47 Å². The van der Waals surface area contributed by atoms with Crippen molar-refractivity contribution in [2.45, 2.75) is 22.9 Å². The number of hydrogen-bond donors (Lipinski definition) is 2. The summed E-state index contributed by atoms with van der Waals surface area (Å²) in [5.41, 5.74) is -2.10. The van der Waals surface area contributed by atoms with Crippen molar-refractivity contribution >= 4 is 21.6 Å². The minimum absolute atomic E-state index is 0.0126. The van der Waals surface area contributed by atoms with E-state index in [0.29, 0.717) is 0 Å². The molecule has 2 N–H and O–H groups in total. The molecule has 14 heteroatoms. The lowest BCUT2D eigenvalue weighted by Gasteiger charge is -2.27. The number of nitrogens with zero attached hydrogens (tertiary/aromatic N) is 3. The molecule has 1 aliphatic heterocycles. The number of nitriles is 1. The van der Waals surface area contributed by atoms with E-state index in [1.165, 1.54) is 12.1 Å². The molecule has 0 aliphatic carbocycles. The van der Waals surface area contributed by atoms with Crippen molar-refractivity contribution in [3.05, 3.63) is 47.1 Å². The highest BCUT2D eigenvalue weighted by Crippen LogP contribution is 2.35. The maximum absolute atomic E-state index is 12.9. The Bertz CT molecular complexity index is 1160. The van der Waals surface area contributed by atoms with Gasteiger partial charge in [0.1, 0.15) is 11.7 Å². The van der Waals surface area contributed by atoms with E-state index in [2.05, 4.69) is 4.98 Å². The molecule has 1 aromatic carbocycles. The number of β-amino-alcohol motifs (C(OH)–C–C–N with tert-alkyl or cyclic N) is 1. The molecular formula is C19H17ClF3N3O6S. The van der Waals surface area contributed by atoms with Crippen molar-refractivity contribution in [2.75, 3.05) is 26.3 Å². The van der Waals surface area contributed by atoms with Crippen LogP contribution in [0.1, 0.15) is 5.56 Å². The summed E-state index contributed by atoms with van der Waals surface area (Å²) >= 11 is 5.73. The zero-order chi connectivity index (χ0) is 24.4. The molecule has 1 saturated heterocycles. The molecule has 1 aromatic heterocycles. The third-order valence-corrected chi connectivity index (χ3v) is 6.68. The Kier molecular flexibility index (Phi) is 7.06. The highest BCUT2D eigenvalue weighted by molar-refractivity contribution is 7.89. The first kappa shape index (κ1) is 25.0. The van der Waals surface area contributed by atoms with Gasteiger partial charge in [0.05, 0.1) is 29.8 Å². The molecule has 0 saturated carbocycles. The average molecular weight is 508 g/mol. The minimum Gasteiger partial charge on any atom is -0.482 e. The molecule has 2 atom stereocenters. The predicted octanol–water partition coefficient (Wildman–Crippen LogP) is 1.72. The van der Waals surface area contributed by atoms with Gasteiger partial charge in [0.25, 0.3) is 10.0 Å². The molecule has 178 valence electrons. The highest BCUT2D eigenvalue weighted by atomic mass is 35.5. The zero-order valence-corrected chi connectivity index (χ0v) is 18.2. The second-order valence-corrected chi connectivity index (χ2v) is 9.48. The number of aliphatic hydroxyl groups is 2.